The van der Waals surface area contributed by atoms with Crippen LogP contribution >= 0.6 is 11.8 Å². The van der Waals surface area contributed by atoms with Crippen molar-refractivity contribution in [3.8, 4) is 0 Å². The van der Waals surface area contributed by atoms with E-state index in [2.05, 4.69) is 30.7 Å². The van der Waals surface area contributed by atoms with E-state index in [-0.39, 0.29) is 28.7 Å². The van der Waals surface area contributed by atoms with Gasteiger partial charge in [0.2, 0.25) is 0 Å². The monoisotopic (exact) mass is 320 g/mol. The largest absolute Gasteiger partial charge is 0.461 e. The van der Waals surface area contributed by atoms with Crippen LogP contribution in [0.4, 0.5) is 0 Å². The van der Waals surface area contributed by atoms with Crippen LogP contribution in [-0.2, 0) is 9.53 Å². The molecule has 2 fully saturated rings. The SMILES string of the molecule is Cc1ccnc(SCC(=O)O[C@H]2C[C@H]3CC[C@@]2(C)C3(C)C)n1. The zero-order valence-corrected chi connectivity index (χ0v) is 14.6. The Morgan fingerprint density at radius 2 is 2.23 bits per heavy atom. The number of hydrogen-bond donors (Lipinski definition) is 0. The predicted molar refractivity (Wildman–Crippen MR) is 86.6 cm³/mol. The van der Waals surface area contributed by atoms with Crippen LogP contribution in [-0.4, -0.2) is 27.8 Å². The van der Waals surface area contributed by atoms with Crippen molar-refractivity contribution in [3.05, 3.63) is 18.0 Å². The molecule has 0 saturated heterocycles. The van der Waals surface area contributed by atoms with Crippen molar-refractivity contribution >= 4 is 17.7 Å². The summed E-state index contributed by atoms with van der Waals surface area (Å²) in [5.41, 5.74) is 1.30. The molecule has 1 aromatic rings. The average molecular weight is 320 g/mol. The maximum atomic E-state index is 12.2. The minimum absolute atomic E-state index is 0.0628. The van der Waals surface area contributed by atoms with Gasteiger partial charge in [-0.15, -0.1) is 0 Å². The molecule has 0 spiro atoms. The van der Waals surface area contributed by atoms with E-state index in [9.17, 15) is 4.79 Å². The van der Waals surface area contributed by atoms with Crippen LogP contribution in [0, 0.1) is 23.7 Å². The number of aryl methyl sites for hydroxylation is 1. The third-order valence-corrected chi connectivity index (χ3v) is 6.91. The van der Waals surface area contributed by atoms with Gasteiger partial charge in [-0.2, -0.15) is 0 Å². The van der Waals surface area contributed by atoms with Crippen LogP contribution in [0.1, 0.15) is 45.7 Å². The van der Waals surface area contributed by atoms with Crippen molar-refractivity contribution in [1.29, 1.82) is 0 Å². The molecule has 120 valence electrons. The molecule has 0 radical (unpaired) electrons. The van der Waals surface area contributed by atoms with Gasteiger partial charge in [-0.05, 0) is 43.6 Å². The van der Waals surface area contributed by atoms with Crippen molar-refractivity contribution in [3.63, 3.8) is 0 Å². The number of fused-ring (bicyclic) bond motifs is 2. The van der Waals surface area contributed by atoms with Gasteiger partial charge in [-0.1, -0.05) is 32.5 Å². The number of carbonyl (C=O) groups excluding carboxylic acids is 1. The average Bonchev–Trinajstić information content (AvgIpc) is 2.78. The van der Waals surface area contributed by atoms with Gasteiger partial charge in [0.1, 0.15) is 6.10 Å². The Bertz CT molecular complexity index is 590. The Kier molecular flexibility index (Phi) is 3.96. The normalized spacial score (nSPS) is 32.2. The first-order valence-corrected chi connectivity index (χ1v) is 8.93. The van der Waals surface area contributed by atoms with E-state index in [0.29, 0.717) is 11.1 Å². The number of esters is 1. The summed E-state index contributed by atoms with van der Waals surface area (Å²) in [6.45, 7) is 8.86. The van der Waals surface area contributed by atoms with Crippen molar-refractivity contribution in [2.45, 2.75) is 58.2 Å². The highest BCUT2D eigenvalue weighted by Gasteiger charge is 2.62. The summed E-state index contributed by atoms with van der Waals surface area (Å²) >= 11 is 1.35. The fourth-order valence-corrected chi connectivity index (χ4v) is 4.78. The minimum atomic E-state index is -0.148. The number of nitrogens with zero attached hydrogens (tertiary/aromatic N) is 2. The van der Waals surface area contributed by atoms with Crippen LogP contribution in [0.3, 0.4) is 0 Å². The molecule has 0 N–H and O–H groups in total. The van der Waals surface area contributed by atoms with E-state index >= 15 is 0 Å². The van der Waals surface area contributed by atoms with Gasteiger partial charge in [0.25, 0.3) is 0 Å². The number of hydrogen-bond acceptors (Lipinski definition) is 5. The number of rotatable bonds is 4. The van der Waals surface area contributed by atoms with Gasteiger partial charge in [-0.3, -0.25) is 4.79 Å². The molecule has 2 aliphatic carbocycles. The highest BCUT2D eigenvalue weighted by molar-refractivity contribution is 7.99. The van der Waals surface area contributed by atoms with Gasteiger partial charge in [-0.25, -0.2) is 9.97 Å². The van der Waals surface area contributed by atoms with Gasteiger partial charge in [0.15, 0.2) is 5.16 Å². The quantitative estimate of drug-likeness (QED) is 0.482. The van der Waals surface area contributed by atoms with Gasteiger partial charge in [0.05, 0.1) is 5.75 Å². The summed E-state index contributed by atoms with van der Waals surface area (Å²) in [6, 6.07) is 1.85. The summed E-state index contributed by atoms with van der Waals surface area (Å²) in [4.78, 5) is 20.6. The number of carbonyl (C=O) groups is 1. The van der Waals surface area contributed by atoms with Crippen molar-refractivity contribution < 1.29 is 9.53 Å². The third-order valence-electron chi connectivity index (χ3n) is 6.08. The summed E-state index contributed by atoms with van der Waals surface area (Å²) in [7, 11) is 0. The molecule has 0 amide bonds. The molecule has 0 unspecified atom stereocenters. The zero-order valence-electron chi connectivity index (χ0n) is 13.8. The molecule has 1 aromatic heterocycles. The Labute approximate surface area is 136 Å². The molecule has 2 aliphatic rings. The second-order valence-corrected chi connectivity index (χ2v) is 8.30. The van der Waals surface area contributed by atoms with Gasteiger partial charge < -0.3 is 4.74 Å². The summed E-state index contributed by atoms with van der Waals surface area (Å²) in [6.07, 6.45) is 5.23. The van der Waals surface area contributed by atoms with Gasteiger partial charge >= 0.3 is 5.97 Å². The van der Waals surface area contributed by atoms with Crippen LogP contribution in [0.15, 0.2) is 17.4 Å². The Morgan fingerprint density at radius 3 is 2.82 bits per heavy atom. The van der Waals surface area contributed by atoms with Crippen molar-refractivity contribution in [2.24, 2.45) is 16.7 Å². The Hall–Kier alpha value is -1.10. The van der Waals surface area contributed by atoms with Crippen LogP contribution < -0.4 is 0 Å². The first-order valence-electron chi connectivity index (χ1n) is 7.95. The second kappa shape index (κ2) is 5.52. The summed E-state index contributed by atoms with van der Waals surface area (Å²) < 4.78 is 5.82. The lowest BCUT2D eigenvalue weighted by atomic mass is 9.70. The molecule has 0 aromatic carbocycles. The number of thioether (sulfide) groups is 1. The molecular formula is C17H24N2O2S. The van der Waals surface area contributed by atoms with Crippen molar-refractivity contribution in [2.75, 3.05) is 5.75 Å². The molecular weight excluding hydrogens is 296 g/mol. The third kappa shape index (κ3) is 2.53. The topological polar surface area (TPSA) is 52.1 Å². The fraction of sp³-hybridized carbons (Fsp3) is 0.706. The lowest BCUT2D eigenvalue weighted by molar-refractivity contribution is -0.153. The van der Waals surface area contributed by atoms with E-state index in [4.69, 9.17) is 4.74 Å². The standard InChI is InChI=1S/C17H24N2O2S/c1-11-6-8-18-15(19-11)22-10-14(20)21-13-9-12-5-7-17(13,4)16(12,2)3/h6,8,12-13H,5,7,9-10H2,1-4H3/t12-,13+,17-/m1/s1. The molecule has 0 aliphatic heterocycles. The summed E-state index contributed by atoms with van der Waals surface area (Å²) in [5.74, 6) is 0.814. The lowest BCUT2D eigenvalue weighted by Gasteiger charge is -2.38. The Morgan fingerprint density at radius 1 is 1.45 bits per heavy atom. The number of ether oxygens (including phenoxy) is 1. The van der Waals surface area contributed by atoms with E-state index < -0.39 is 0 Å². The fourth-order valence-electron chi connectivity index (χ4n) is 4.12. The van der Waals surface area contributed by atoms with E-state index in [1.807, 2.05) is 13.0 Å². The molecule has 1 heterocycles. The maximum Gasteiger partial charge on any atom is 0.316 e. The van der Waals surface area contributed by atoms with Crippen molar-refractivity contribution in [1.82, 2.24) is 9.97 Å². The highest BCUT2D eigenvalue weighted by Crippen LogP contribution is 2.66. The first-order chi connectivity index (χ1) is 10.3. The molecule has 2 saturated carbocycles. The van der Waals surface area contributed by atoms with E-state index in [1.165, 1.54) is 18.2 Å². The zero-order chi connectivity index (χ0) is 16.0. The van der Waals surface area contributed by atoms with Gasteiger partial charge in [0, 0.05) is 17.3 Å². The van der Waals surface area contributed by atoms with E-state index in [1.54, 1.807) is 6.20 Å². The maximum absolute atomic E-state index is 12.2. The molecule has 3 atom stereocenters. The minimum Gasteiger partial charge on any atom is -0.461 e. The molecule has 4 nitrogen and oxygen atoms in total. The van der Waals surface area contributed by atoms with Crippen LogP contribution in [0.2, 0.25) is 0 Å². The highest BCUT2D eigenvalue weighted by atomic mass is 32.2. The van der Waals surface area contributed by atoms with E-state index in [0.717, 1.165) is 18.5 Å². The molecule has 2 bridgehead atoms. The molecule has 5 heteroatoms. The second-order valence-electron chi connectivity index (χ2n) is 7.36. The summed E-state index contributed by atoms with van der Waals surface area (Å²) in [5, 5.41) is 0.636. The Balaban J connectivity index is 1.57. The predicted octanol–water partition coefficient (Wildman–Crippen LogP) is 3.64. The first kappa shape index (κ1) is 15.8. The molecule has 3 rings (SSSR count). The smallest absolute Gasteiger partial charge is 0.316 e. The lowest BCUT2D eigenvalue weighted by Crippen LogP contribution is -2.38. The number of aromatic nitrogens is 2. The molecule has 22 heavy (non-hydrogen) atoms. The van der Waals surface area contributed by atoms with Crippen LogP contribution in [0.25, 0.3) is 0 Å². The van der Waals surface area contributed by atoms with Crippen LogP contribution in [0.5, 0.6) is 0 Å².